The summed E-state index contributed by atoms with van der Waals surface area (Å²) in [5, 5.41) is 4.47. The number of nitrogens with one attached hydrogen (secondary N) is 1. The van der Waals surface area contributed by atoms with E-state index in [1.165, 1.54) is 0 Å². The molecule has 1 heterocycles. The number of benzene rings is 2. The van der Waals surface area contributed by atoms with Gasteiger partial charge in [-0.3, -0.25) is 0 Å². The molecule has 1 unspecified atom stereocenters. The Morgan fingerprint density at radius 1 is 1.05 bits per heavy atom. The molecule has 0 spiro atoms. The number of hydrogen-bond donors (Lipinski definition) is 1. The first-order valence-corrected chi connectivity index (χ1v) is 8.29. The van der Waals surface area contributed by atoms with Crippen LogP contribution in [0.5, 0.6) is 0 Å². The molecule has 4 heteroatoms. The lowest BCUT2D eigenvalue weighted by Crippen LogP contribution is -2.17. The topological polar surface area (TPSA) is 25.2 Å². The molecule has 0 radical (unpaired) electrons. The van der Waals surface area contributed by atoms with E-state index in [1.807, 2.05) is 13.1 Å². The molecule has 0 amide bonds. The average molecular weight is 409 g/mol. The van der Waals surface area contributed by atoms with E-state index in [-0.39, 0.29) is 6.04 Å². The minimum absolute atomic E-state index is 0.0191. The molecule has 21 heavy (non-hydrogen) atoms. The molecule has 1 aromatic heterocycles. The van der Waals surface area contributed by atoms with E-state index in [0.29, 0.717) is 0 Å². The monoisotopic (exact) mass is 407 g/mol. The molecule has 3 aromatic rings. The van der Waals surface area contributed by atoms with E-state index in [1.54, 1.807) is 0 Å². The van der Waals surface area contributed by atoms with Crippen LogP contribution in [0.3, 0.4) is 0 Å². The Balaban J connectivity index is 2.11. The Labute approximate surface area is 140 Å². The van der Waals surface area contributed by atoms with Crippen molar-refractivity contribution in [3.05, 3.63) is 68.3 Å². The van der Waals surface area contributed by atoms with Crippen LogP contribution in [0.1, 0.15) is 22.9 Å². The lowest BCUT2D eigenvalue weighted by atomic mass is 10.0. The summed E-state index contributed by atoms with van der Waals surface area (Å²) in [5.74, 6) is 0.923. The Morgan fingerprint density at radius 2 is 1.76 bits per heavy atom. The third-order valence-electron chi connectivity index (χ3n) is 3.55. The molecule has 0 saturated heterocycles. The second kappa shape index (κ2) is 5.95. The maximum absolute atomic E-state index is 6.09. The molecular formula is C17H15Br2NO. The molecule has 0 aliphatic heterocycles. The molecule has 0 fully saturated rings. The molecule has 3 rings (SSSR count). The second-order valence-corrected chi connectivity index (χ2v) is 6.90. The van der Waals surface area contributed by atoms with Crippen molar-refractivity contribution in [3.8, 4) is 0 Å². The summed E-state index contributed by atoms with van der Waals surface area (Å²) in [6.45, 7) is 2.07. The normalized spacial score (nSPS) is 12.8. The van der Waals surface area contributed by atoms with Gasteiger partial charge >= 0.3 is 0 Å². The molecule has 0 aliphatic carbocycles. The number of aryl methyl sites for hydroxylation is 1. The van der Waals surface area contributed by atoms with Gasteiger partial charge in [0.05, 0.1) is 6.04 Å². The molecule has 108 valence electrons. The maximum Gasteiger partial charge on any atom is 0.137 e. The number of para-hydroxylation sites is 1. The lowest BCUT2D eigenvalue weighted by Gasteiger charge is -2.15. The third-order valence-corrected chi connectivity index (χ3v) is 4.47. The number of rotatable bonds is 3. The van der Waals surface area contributed by atoms with E-state index < -0.39 is 0 Å². The first-order chi connectivity index (χ1) is 10.1. The number of furan rings is 1. The average Bonchev–Trinajstić information content (AvgIpc) is 2.83. The van der Waals surface area contributed by atoms with Gasteiger partial charge < -0.3 is 9.73 Å². The van der Waals surface area contributed by atoms with Gasteiger partial charge in [0.15, 0.2) is 0 Å². The van der Waals surface area contributed by atoms with Gasteiger partial charge in [-0.15, -0.1) is 0 Å². The van der Waals surface area contributed by atoms with Crippen molar-refractivity contribution in [1.29, 1.82) is 0 Å². The SMILES string of the molecule is CNC(c1cc(Br)cc(Br)c1)c1cc2cccc(C)c2o1. The molecule has 1 N–H and O–H groups in total. The molecule has 2 aromatic carbocycles. The zero-order chi connectivity index (χ0) is 15.0. The van der Waals surface area contributed by atoms with Crippen molar-refractivity contribution in [2.75, 3.05) is 7.05 Å². The van der Waals surface area contributed by atoms with Gasteiger partial charge in [-0.25, -0.2) is 0 Å². The standard InChI is InChI=1S/C17H15Br2NO/c1-10-4-3-5-11-8-15(21-17(10)11)16(20-2)12-6-13(18)9-14(19)7-12/h3-9,16,20H,1-2H3. The highest BCUT2D eigenvalue weighted by Crippen LogP contribution is 2.32. The maximum atomic E-state index is 6.09. The van der Waals surface area contributed by atoms with Crippen molar-refractivity contribution in [3.63, 3.8) is 0 Å². The Bertz CT molecular complexity index is 774. The van der Waals surface area contributed by atoms with Crippen molar-refractivity contribution in [1.82, 2.24) is 5.32 Å². The van der Waals surface area contributed by atoms with E-state index in [4.69, 9.17) is 4.42 Å². The summed E-state index contributed by atoms with van der Waals surface area (Å²) in [6, 6.07) is 14.6. The van der Waals surface area contributed by atoms with E-state index in [9.17, 15) is 0 Å². The van der Waals surface area contributed by atoms with Crippen LogP contribution >= 0.6 is 31.9 Å². The van der Waals surface area contributed by atoms with Gasteiger partial charge in [-0.2, -0.15) is 0 Å². The van der Waals surface area contributed by atoms with Crippen LogP contribution in [0.25, 0.3) is 11.0 Å². The van der Waals surface area contributed by atoms with Gasteiger partial charge in [0.2, 0.25) is 0 Å². The molecule has 0 aliphatic rings. The van der Waals surface area contributed by atoms with Crippen molar-refractivity contribution < 1.29 is 4.42 Å². The summed E-state index contributed by atoms with van der Waals surface area (Å²) >= 11 is 7.08. The minimum Gasteiger partial charge on any atom is -0.459 e. The van der Waals surface area contributed by atoms with Crippen LogP contribution in [0.15, 0.2) is 55.8 Å². The molecule has 0 bridgehead atoms. The fourth-order valence-corrected chi connectivity index (χ4v) is 3.92. The number of halogens is 2. The Hall–Kier alpha value is -1.10. The van der Waals surface area contributed by atoms with Gasteiger partial charge in [-0.1, -0.05) is 50.1 Å². The summed E-state index contributed by atoms with van der Waals surface area (Å²) < 4.78 is 8.18. The highest BCUT2D eigenvalue weighted by Gasteiger charge is 2.18. The van der Waals surface area contributed by atoms with Crippen molar-refractivity contribution >= 4 is 42.8 Å². The van der Waals surface area contributed by atoms with Crippen LogP contribution in [0.4, 0.5) is 0 Å². The zero-order valence-electron chi connectivity index (χ0n) is 11.8. The molecular weight excluding hydrogens is 394 g/mol. The van der Waals surface area contributed by atoms with Crippen LogP contribution in [-0.2, 0) is 0 Å². The van der Waals surface area contributed by atoms with E-state index >= 15 is 0 Å². The van der Waals surface area contributed by atoms with Gasteiger partial charge in [0, 0.05) is 14.3 Å². The summed E-state index contributed by atoms with van der Waals surface area (Å²) in [6.07, 6.45) is 0. The zero-order valence-corrected chi connectivity index (χ0v) is 15.0. The first kappa shape index (κ1) is 14.8. The quantitative estimate of drug-likeness (QED) is 0.612. The highest BCUT2D eigenvalue weighted by atomic mass is 79.9. The first-order valence-electron chi connectivity index (χ1n) is 6.71. The van der Waals surface area contributed by atoms with Crippen LogP contribution in [0, 0.1) is 6.92 Å². The minimum atomic E-state index is 0.0191. The number of fused-ring (bicyclic) bond motifs is 1. The van der Waals surface area contributed by atoms with Crippen molar-refractivity contribution in [2.24, 2.45) is 0 Å². The van der Waals surface area contributed by atoms with Gasteiger partial charge in [-0.05, 0) is 49.4 Å². The second-order valence-electron chi connectivity index (χ2n) is 5.07. The lowest BCUT2D eigenvalue weighted by molar-refractivity contribution is 0.490. The summed E-state index contributed by atoms with van der Waals surface area (Å²) in [4.78, 5) is 0. The van der Waals surface area contributed by atoms with Crippen LogP contribution < -0.4 is 5.32 Å². The Kier molecular flexibility index (Phi) is 4.20. The van der Waals surface area contributed by atoms with Crippen LogP contribution in [-0.4, -0.2) is 7.05 Å². The van der Waals surface area contributed by atoms with Crippen molar-refractivity contribution in [2.45, 2.75) is 13.0 Å². The van der Waals surface area contributed by atoms with Gasteiger partial charge in [0.1, 0.15) is 11.3 Å². The van der Waals surface area contributed by atoms with Gasteiger partial charge in [0.25, 0.3) is 0 Å². The fourth-order valence-electron chi connectivity index (χ4n) is 2.59. The van der Waals surface area contributed by atoms with Crippen LogP contribution in [0.2, 0.25) is 0 Å². The largest absolute Gasteiger partial charge is 0.459 e. The third kappa shape index (κ3) is 2.93. The smallest absolute Gasteiger partial charge is 0.137 e. The van der Waals surface area contributed by atoms with E-state index in [2.05, 4.69) is 80.5 Å². The van der Waals surface area contributed by atoms with E-state index in [0.717, 1.165) is 36.8 Å². The predicted molar refractivity (Wildman–Crippen MR) is 93.7 cm³/mol. The molecule has 1 atom stereocenters. The summed E-state index contributed by atoms with van der Waals surface area (Å²) in [7, 11) is 1.94. The Morgan fingerprint density at radius 3 is 2.38 bits per heavy atom. The summed E-state index contributed by atoms with van der Waals surface area (Å²) in [5.41, 5.74) is 3.27. The highest BCUT2D eigenvalue weighted by molar-refractivity contribution is 9.11. The molecule has 2 nitrogen and oxygen atoms in total. The predicted octanol–water partition coefficient (Wildman–Crippen LogP) is 5.58. The number of hydrogen-bond acceptors (Lipinski definition) is 2. The fraction of sp³-hybridized carbons (Fsp3) is 0.176. The molecule has 0 saturated carbocycles.